The lowest BCUT2D eigenvalue weighted by Gasteiger charge is -2.09. The first-order chi connectivity index (χ1) is 7.10. The second-order valence-corrected chi connectivity index (χ2v) is 5.10. The Labute approximate surface area is 104 Å². The molecule has 0 radical (unpaired) electrons. The zero-order chi connectivity index (χ0) is 11.4. The van der Waals surface area contributed by atoms with E-state index in [1.54, 1.807) is 0 Å². The number of benzene rings is 1. The van der Waals surface area contributed by atoms with Gasteiger partial charge in [-0.25, -0.2) is 0 Å². The molecule has 0 fully saturated rings. The van der Waals surface area contributed by atoms with Crippen molar-refractivity contribution in [1.82, 2.24) is 0 Å². The number of rotatable bonds is 4. The lowest BCUT2D eigenvalue weighted by Crippen LogP contribution is -2.12. The molecule has 1 unspecified atom stereocenters. The molecule has 0 N–H and O–H groups in total. The fourth-order valence-corrected chi connectivity index (χ4v) is 1.88. The highest BCUT2D eigenvalue weighted by molar-refractivity contribution is 9.10. The summed E-state index contributed by atoms with van der Waals surface area (Å²) in [6.45, 7) is 3.90. The highest BCUT2D eigenvalue weighted by Crippen LogP contribution is 2.19. The Kier molecular flexibility index (Phi) is 4.81. The number of halogens is 2. The Hall–Kier alpha value is -0.340. The average molecular weight is 290 g/mol. The van der Waals surface area contributed by atoms with Crippen LogP contribution in [0.4, 0.5) is 0 Å². The Morgan fingerprint density at radius 3 is 2.67 bits per heavy atom. The van der Waals surface area contributed by atoms with Crippen LogP contribution in [-0.4, -0.2) is 10.6 Å². The number of Topliss-reactive ketones (excluding diaryl/α,β-unsaturated/α-hetero) is 1. The van der Waals surface area contributed by atoms with Crippen molar-refractivity contribution in [1.29, 1.82) is 0 Å². The summed E-state index contributed by atoms with van der Waals surface area (Å²) in [4.78, 5) is 11.7. The number of hydrogen-bond acceptors (Lipinski definition) is 1. The quantitative estimate of drug-likeness (QED) is 0.606. The van der Waals surface area contributed by atoms with E-state index in [1.807, 2.05) is 25.1 Å². The molecular weight excluding hydrogens is 275 g/mol. The summed E-state index contributed by atoms with van der Waals surface area (Å²) in [6, 6.07) is 5.90. The Bertz CT molecular complexity index is 361. The Balaban J connectivity index is 3.17. The van der Waals surface area contributed by atoms with Gasteiger partial charge in [0.1, 0.15) is 0 Å². The highest BCUT2D eigenvalue weighted by Gasteiger charge is 2.15. The molecule has 82 valence electrons. The molecule has 0 spiro atoms. The number of carbonyl (C=O) groups is 1. The van der Waals surface area contributed by atoms with Crippen LogP contribution in [0.3, 0.4) is 0 Å². The molecule has 0 heterocycles. The number of hydrogen-bond donors (Lipinski definition) is 0. The Morgan fingerprint density at radius 2 is 2.20 bits per heavy atom. The van der Waals surface area contributed by atoms with Gasteiger partial charge in [0.05, 0.1) is 4.83 Å². The van der Waals surface area contributed by atoms with Gasteiger partial charge in [-0.1, -0.05) is 35.0 Å². The molecule has 0 aliphatic heterocycles. The number of ketones is 1. The third-order valence-corrected chi connectivity index (χ3v) is 3.06. The van der Waals surface area contributed by atoms with Gasteiger partial charge in [-0.05, 0) is 30.5 Å². The lowest BCUT2D eigenvalue weighted by molar-refractivity contribution is 0.0995. The van der Waals surface area contributed by atoms with Gasteiger partial charge in [-0.15, -0.1) is 11.6 Å². The van der Waals surface area contributed by atoms with Crippen molar-refractivity contribution >= 4 is 33.3 Å². The van der Waals surface area contributed by atoms with Gasteiger partial charge >= 0.3 is 0 Å². The summed E-state index contributed by atoms with van der Waals surface area (Å²) in [6.07, 6.45) is 0.930. The average Bonchev–Trinajstić information content (AvgIpc) is 2.27. The Morgan fingerprint density at radius 1 is 1.53 bits per heavy atom. The normalized spacial score (nSPS) is 12.5. The van der Waals surface area contributed by atoms with E-state index in [1.165, 1.54) is 5.56 Å². The van der Waals surface area contributed by atoms with Crippen molar-refractivity contribution in [2.24, 2.45) is 0 Å². The smallest absolute Gasteiger partial charge is 0.176 e. The van der Waals surface area contributed by atoms with E-state index in [4.69, 9.17) is 11.6 Å². The van der Waals surface area contributed by atoms with Crippen molar-refractivity contribution in [3.63, 3.8) is 0 Å². The minimum Gasteiger partial charge on any atom is -0.293 e. The van der Waals surface area contributed by atoms with Crippen molar-refractivity contribution in [3.05, 3.63) is 34.9 Å². The minimum absolute atomic E-state index is 0.0981. The third-order valence-electron chi connectivity index (χ3n) is 2.35. The second kappa shape index (κ2) is 5.66. The van der Waals surface area contributed by atoms with E-state index >= 15 is 0 Å². The summed E-state index contributed by atoms with van der Waals surface area (Å²) in [7, 11) is 0. The molecule has 0 saturated carbocycles. The minimum atomic E-state index is -0.161. The van der Waals surface area contributed by atoms with Crippen LogP contribution in [-0.2, 0) is 12.3 Å². The standard InChI is InChI=1S/C12H14BrClO/c1-3-9-4-5-10(7-14)11(6-9)12(15)8(2)13/h4-6,8H,3,7H2,1-2H3. The molecule has 0 bridgehead atoms. The van der Waals surface area contributed by atoms with Gasteiger partial charge < -0.3 is 0 Å². The molecule has 1 aromatic carbocycles. The largest absolute Gasteiger partial charge is 0.293 e. The van der Waals surface area contributed by atoms with Crippen LogP contribution in [0.25, 0.3) is 0 Å². The molecule has 1 atom stereocenters. The summed E-state index contributed by atoms with van der Waals surface area (Å²) in [5.41, 5.74) is 2.82. The predicted molar refractivity (Wildman–Crippen MR) is 68.1 cm³/mol. The van der Waals surface area contributed by atoms with Crippen LogP contribution in [0.5, 0.6) is 0 Å². The first-order valence-corrected chi connectivity index (χ1v) is 6.41. The number of aryl methyl sites for hydroxylation is 1. The molecule has 3 heteroatoms. The zero-order valence-corrected chi connectivity index (χ0v) is 11.2. The van der Waals surface area contributed by atoms with E-state index in [9.17, 15) is 4.79 Å². The van der Waals surface area contributed by atoms with E-state index in [0.29, 0.717) is 5.88 Å². The van der Waals surface area contributed by atoms with Crippen LogP contribution < -0.4 is 0 Å². The molecule has 1 rings (SSSR count). The zero-order valence-electron chi connectivity index (χ0n) is 8.89. The van der Waals surface area contributed by atoms with Crippen LogP contribution >= 0.6 is 27.5 Å². The molecule has 0 aliphatic rings. The molecule has 0 aromatic heterocycles. The van der Waals surface area contributed by atoms with Crippen LogP contribution in [0.1, 0.15) is 35.3 Å². The number of carbonyl (C=O) groups excluding carboxylic acids is 1. The molecular formula is C12H14BrClO. The van der Waals surface area contributed by atoms with Crippen LogP contribution in [0.2, 0.25) is 0 Å². The number of alkyl halides is 2. The highest BCUT2D eigenvalue weighted by atomic mass is 79.9. The molecule has 0 saturated heterocycles. The van der Waals surface area contributed by atoms with Crippen LogP contribution in [0.15, 0.2) is 18.2 Å². The first kappa shape index (κ1) is 12.7. The van der Waals surface area contributed by atoms with Gasteiger partial charge in [0.15, 0.2) is 5.78 Å². The lowest BCUT2D eigenvalue weighted by atomic mass is 9.99. The van der Waals surface area contributed by atoms with Crippen molar-refractivity contribution in [2.75, 3.05) is 0 Å². The third kappa shape index (κ3) is 3.05. The summed E-state index contributed by atoms with van der Waals surface area (Å²) >= 11 is 9.10. The summed E-state index contributed by atoms with van der Waals surface area (Å²) in [5.74, 6) is 0.478. The van der Waals surface area contributed by atoms with Gasteiger partial charge in [-0.2, -0.15) is 0 Å². The summed E-state index contributed by atoms with van der Waals surface area (Å²) in [5, 5.41) is 0. The fourth-order valence-electron chi connectivity index (χ4n) is 1.40. The molecule has 1 aromatic rings. The van der Waals surface area contributed by atoms with Gasteiger partial charge in [-0.3, -0.25) is 4.79 Å². The SMILES string of the molecule is CCc1ccc(CCl)c(C(=O)C(C)Br)c1. The van der Waals surface area contributed by atoms with Gasteiger partial charge in [0.25, 0.3) is 0 Å². The topological polar surface area (TPSA) is 17.1 Å². The second-order valence-electron chi connectivity index (χ2n) is 3.46. The predicted octanol–water partition coefficient (Wildman–Crippen LogP) is 3.95. The molecule has 1 nitrogen and oxygen atoms in total. The summed E-state index contributed by atoms with van der Waals surface area (Å²) < 4.78 is 0. The van der Waals surface area contributed by atoms with E-state index < -0.39 is 0 Å². The van der Waals surface area contributed by atoms with E-state index in [2.05, 4.69) is 22.9 Å². The maximum atomic E-state index is 11.9. The molecule has 15 heavy (non-hydrogen) atoms. The van der Waals surface area contributed by atoms with E-state index in [0.717, 1.165) is 17.5 Å². The van der Waals surface area contributed by atoms with Gasteiger partial charge in [0, 0.05) is 11.4 Å². The fraction of sp³-hybridized carbons (Fsp3) is 0.417. The monoisotopic (exact) mass is 288 g/mol. The van der Waals surface area contributed by atoms with Crippen molar-refractivity contribution in [3.8, 4) is 0 Å². The molecule has 0 aliphatic carbocycles. The first-order valence-electron chi connectivity index (χ1n) is 4.96. The van der Waals surface area contributed by atoms with Crippen molar-refractivity contribution in [2.45, 2.75) is 31.0 Å². The van der Waals surface area contributed by atoms with Gasteiger partial charge in [0.2, 0.25) is 0 Å². The maximum absolute atomic E-state index is 11.9. The van der Waals surface area contributed by atoms with E-state index in [-0.39, 0.29) is 10.6 Å². The maximum Gasteiger partial charge on any atom is 0.176 e. The van der Waals surface area contributed by atoms with Crippen molar-refractivity contribution < 1.29 is 4.79 Å². The van der Waals surface area contributed by atoms with Crippen LogP contribution in [0, 0.1) is 0 Å². The molecule has 0 amide bonds.